The number of sulfonamides is 1. The number of likely N-dealkylation sites (N-methyl/N-ethyl adjacent to an activating group) is 1. The Bertz CT molecular complexity index is 1700. The fourth-order valence-electron chi connectivity index (χ4n) is 4.64. The number of nitrogens with zero attached hydrogens (tertiary/aromatic N) is 2. The van der Waals surface area contributed by atoms with Crippen LogP contribution in [0.2, 0.25) is 15.1 Å². The van der Waals surface area contributed by atoms with E-state index in [1.807, 2.05) is 30.3 Å². The van der Waals surface area contributed by atoms with E-state index in [0.29, 0.717) is 26.2 Å². The summed E-state index contributed by atoms with van der Waals surface area (Å²) in [6.45, 7) is 1.05. The van der Waals surface area contributed by atoms with E-state index in [1.54, 1.807) is 55.5 Å². The van der Waals surface area contributed by atoms with Crippen LogP contribution in [0.5, 0.6) is 0 Å². The second-order valence-corrected chi connectivity index (χ2v) is 13.0. The number of hydrogen-bond acceptors (Lipinski definition) is 4. The predicted octanol–water partition coefficient (Wildman–Crippen LogP) is 6.54. The predicted molar refractivity (Wildman–Crippen MR) is 172 cm³/mol. The average Bonchev–Trinajstić information content (AvgIpc) is 3.00. The van der Waals surface area contributed by atoms with E-state index in [1.165, 1.54) is 30.1 Å². The van der Waals surface area contributed by atoms with E-state index in [0.717, 1.165) is 9.87 Å². The first kappa shape index (κ1) is 32.4. The van der Waals surface area contributed by atoms with Crippen LogP contribution in [0.25, 0.3) is 0 Å². The lowest BCUT2D eigenvalue weighted by Gasteiger charge is -2.34. The van der Waals surface area contributed by atoms with Crippen molar-refractivity contribution in [1.82, 2.24) is 10.2 Å². The van der Waals surface area contributed by atoms with Crippen molar-refractivity contribution in [2.75, 3.05) is 17.9 Å². The molecule has 0 saturated carbocycles. The summed E-state index contributed by atoms with van der Waals surface area (Å²) in [5.74, 6) is -1.03. The molecule has 0 aliphatic rings. The molecule has 43 heavy (non-hydrogen) atoms. The van der Waals surface area contributed by atoms with Crippen LogP contribution in [-0.2, 0) is 32.6 Å². The molecule has 7 nitrogen and oxygen atoms in total. The molecule has 0 radical (unpaired) electrons. The van der Waals surface area contributed by atoms with Crippen molar-refractivity contribution in [3.05, 3.63) is 129 Å². The number of hydrogen-bond donors (Lipinski definition) is 1. The summed E-state index contributed by atoms with van der Waals surface area (Å²) >= 11 is 18.9. The molecule has 1 N–H and O–H groups in total. The number of aryl methyl sites for hydroxylation is 1. The quantitative estimate of drug-likeness (QED) is 0.198. The number of carbonyl (C=O) groups excluding carboxylic acids is 2. The maximum absolute atomic E-state index is 14.4. The first-order valence-electron chi connectivity index (χ1n) is 13.3. The molecule has 0 spiro atoms. The minimum absolute atomic E-state index is 0.00149. The van der Waals surface area contributed by atoms with Crippen molar-refractivity contribution in [3.63, 3.8) is 0 Å². The monoisotopic (exact) mass is 657 g/mol. The van der Waals surface area contributed by atoms with Crippen molar-refractivity contribution < 1.29 is 18.0 Å². The van der Waals surface area contributed by atoms with Gasteiger partial charge < -0.3 is 10.2 Å². The van der Waals surface area contributed by atoms with Gasteiger partial charge in [0.2, 0.25) is 11.8 Å². The SMILES string of the molecule is CNC(=O)[C@@H](Cc1ccccc1)N(Cc1ccc(Cl)cc1Cl)C(=O)CN(c1cc(Cl)ccc1C)S(=O)(=O)c1ccccc1. The summed E-state index contributed by atoms with van der Waals surface area (Å²) in [7, 11) is -2.75. The van der Waals surface area contributed by atoms with Crippen LogP contribution in [-0.4, -0.2) is 44.8 Å². The summed E-state index contributed by atoms with van der Waals surface area (Å²) in [6, 6.07) is 25.8. The molecule has 0 heterocycles. The molecule has 0 aliphatic heterocycles. The number of benzene rings is 4. The van der Waals surface area contributed by atoms with E-state index in [2.05, 4.69) is 5.32 Å². The Kier molecular flexibility index (Phi) is 10.7. The van der Waals surface area contributed by atoms with E-state index in [4.69, 9.17) is 34.8 Å². The van der Waals surface area contributed by atoms with Gasteiger partial charge in [-0.15, -0.1) is 0 Å². The highest BCUT2D eigenvalue weighted by molar-refractivity contribution is 7.92. The molecule has 0 unspecified atom stereocenters. The lowest BCUT2D eigenvalue weighted by Crippen LogP contribution is -2.53. The molecule has 0 bridgehead atoms. The van der Waals surface area contributed by atoms with Crippen LogP contribution in [0.3, 0.4) is 0 Å². The van der Waals surface area contributed by atoms with Gasteiger partial charge in [0.1, 0.15) is 12.6 Å². The number of nitrogens with one attached hydrogen (secondary N) is 1. The molecule has 11 heteroatoms. The molecular weight excluding hydrogens is 629 g/mol. The largest absolute Gasteiger partial charge is 0.357 e. The van der Waals surface area contributed by atoms with Gasteiger partial charge in [-0.05, 0) is 60.0 Å². The lowest BCUT2D eigenvalue weighted by molar-refractivity contribution is -0.139. The van der Waals surface area contributed by atoms with Crippen molar-refractivity contribution in [2.24, 2.45) is 0 Å². The van der Waals surface area contributed by atoms with Gasteiger partial charge in [-0.3, -0.25) is 13.9 Å². The van der Waals surface area contributed by atoms with Crippen LogP contribution in [0.1, 0.15) is 16.7 Å². The van der Waals surface area contributed by atoms with Gasteiger partial charge in [0.25, 0.3) is 10.0 Å². The molecule has 1 atom stereocenters. The smallest absolute Gasteiger partial charge is 0.264 e. The highest BCUT2D eigenvalue weighted by Crippen LogP contribution is 2.31. The third kappa shape index (κ3) is 7.89. The third-order valence-electron chi connectivity index (χ3n) is 6.92. The zero-order chi connectivity index (χ0) is 31.1. The van der Waals surface area contributed by atoms with Gasteiger partial charge in [0.15, 0.2) is 0 Å². The Labute approximate surface area is 267 Å². The van der Waals surface area contributed by atoms with Crippen molar-refractivity contribution in [3.8, 4) is 0 Å². The summed E-state index contributed by atoms with van der Waals surface area (Å²) in [5.41, 5.74) is 2.19. The van der Waals surface area contributed by atoms with E-state index >= 15 is 0 Å². The van der Waals surface area contributed by atoms with E-state index < -0.39 is 34.4 Å². The Morgan fingerprint density at radius 1 is 0.837 bits per heavy atom. The van der Waals surface area contributed by atoms with Crippen LogP contribution in [0.4, 0.5) is 5.69 Å². The second-order valence-electron chi connectivity index (χ2n) is 9.83. The van der Waals surface area contributed by atoms with Gasteiger partial charge in [-0.2, -0.15) is 0 Å². The maximum atomic E-state index is 14.4. The molecule has 224 valence electrons. The van der Waals surface area contributed by atoms with Gasteiger partial charge in [0, 0.05) is 35.1 Å². The van der Waals surface area contributed by atoms with Crippen LogP contribution >= 0.6 is 34.8 Å². The number of halogens is 3. The van der Waals surface area contributed by atoms with Crippen LogP contribution in [0, 0.1) is 6.92 Å². The Morgan fingerprint density at radius 2 is 1.44 bits per heavy atom. The number of anilines is 1. The molecule has 2 amide bonds. The lowest BCUT2D eigenvalue weighted by atomic mass is 10.0. The van der Waals surface area contributed by atoms with Crippen molar-refractivity contribution in [2.45, 2.75) is 30.8 Å². The molecule has 4 rings (SSSR count). The first-order valence-corrected chi connectivity index (χ1v) is 15.9. The maximum Gasteiger partial charge on any atom is 0.264 e. The van der Waals surface area contributed by atoms with Crippen LogP contribution in [0.15, 0.2) is 102 Å². The minimum Gasteiger partial charge on any atom is -0.357 e. The van der Waals surface area contributed by atoms with Gasteiger partial charge >= 0.3 is 0 Å². The molecule has 0 aromatic heterocycles. The molecule has 4 aromatic carbocycles. The summed E-state index contributed by atoms with van der Waals surface area (Å²) in [6.07, 6.45) is 0.180. The van der Waals surface area contributed by atoms with Crippen molar-refractivity contribution >= 4 is 62.3 Å². The molecule has 4 aromatic rings. The summed E-state index contributed by atoms with van der Waals surface area (Å²) < 4.78 is 29.1. The summed E-state index contributed by atoms with van der Waals surface area (Å²) in [5, 5.41) is 3.67. The normalized spacial score (nSPS) is 11.9. The second kappa shape index (κ2) is 14.3. The highest BCUT2D eigenvalue weighted by atomic mass is 35.5. The Morgan fingerprint density at radius 3 is 2.07 bits per heavy atom. The Hall–Kier alpha value is -3.56. The fourth-order valence-corrected chi connectivity index (χ4v) is 6.76. The Balaban J connectivity index is 1.83. The molecule has 0 saturated heterocycles. The minimum atomic E-state index is -4.24. The van der Waals surface area contributed by atoms with E-state index in [9.17, 15) is 18.0 Å². The average molecular weight is 659 g/mol. The van der Waals surface area contributed by atoms with E-state index in [-0.39, 0.29) is 23.5 Å². The van der Waals surface area contributed by atoms with Crippen LogP contribution < -0.4 is 9.62 Å². The zero-order valence-corrected chi connectivity index (χ0v) is 26.6. The summed E-state index contributed by atoms with van der Waals surface area (Å²) in [4.78, 5) is 29.1. The molecule has 0 fully saturated rings. The fraction of sp³-hybridized carbons (Fsp3) is 0.188. The molecule has 0 aliphatic carbocycles. The number of amides is 2. The standard InChI is InChI=1S/C32H30Cl3N3O4S/c1-22-13-15-26(34)19-29(22)38(43(41,42)27-11-7-4-8-12-27)21-31(39)37(20-24-14-16-25(33)18-28(24)35)30(32(40)36-2)17-23-9-5-3-6-10-23/h3-16,18-19,30H,17,20-21H2,1-2H3,(H,36,40)/t30-/m1/s1. The van der Waals surface area contributed by atoms with Gasteiger partial charge in [-0.1, -0.05) is 95.5 Å². The zero-order valence-electron chi connectivity index (χ0n) is 23.5. The topological polar surface area (TPSA) is 86.8 Å². The highest BCUT2D eigenvalue weighted by Gasteiger charge is 2.35. The third-order valence-corrected chi connectivity index (χ3v) is 9.52. The van der Waals surface area contributed by atoms with Gasteiger partial charge in [-0.25, -0.2) is 8.42 Å². The number of carbonyl (C=O) groups is 2. The first-order chi connectivity index (χ1) is 20.5. The number of rotatable bonds is 11. The molecular formula is C32H30Cl3N3O4S. The van der Waals surface area contributed by atoms with Crippen molar-refractivity contribution in [1.29, 1.82) is 0 Å². The van der Waals surface area contributed by atoms with Gasteiger partial charge in [0.05, 0.1) is 10.6 Å².